The topological polar surface area (TPSA) is 71.5 Å². The number of carbonyl (C=O) groups is 2. The average molecular weight is 404 g/mol. The lowest BCUT2D eigenvalue weighted by molar-refractivity contribution is 0.00695. The van der Waals surface area contributed by atoms with Gasteiger partial charge in [-0.15, -0.1) is 0 Å². The summed E-state index contributed by atoms with van der Waals surface area (Å²) in [6.07, 6.45) is 0. The van der Waals surface area contributed by atoms with Crippen LogP contribution in [0.3, 0.4) is 0 Å². The van der Waals surface area contributed by atoms with E-state index in [0.29, 0.717) is 22.1 Å². The molecule has 0 radical (unpaired) electrons. The molecule has 0 aliphatic heterocycles. The number of ether oxygens (including phenoxy) is 1. The molecule has 1 aromatic heterocycles. The van der Waals surface area contributed by atoms with Gasteiger partial charge in [0.1, 0.15) is 17.1 Å². The van der Waals surface area contributed by atoms with E-state index in [1.165, 1.54) is 6.07 Å². The Labute approximate surface area is 170 Å². The van der Waals surface area contributed by atoms with E-state index in [9.17, 15) is 9.59 Å². The molecule has 0 unspecified atom stereocenters. The number of benzene rings is 1. The monoisotopic (exact) mass is 403 g/mol. The van der Waals surface area contributed by atoms with Crippen LogP contribution in [0.1, 0.15) is 55.5 Å². The first-order chi connectivity index (χ1) is 13.1. The number of rotatable bonds is 6. The van der Waals surface area contributed by atoms with Crippen LogP contribution in [0, 0.1) is 0 Å². The maximum atomic E-state index is 12.6. The first kappa shape index (κ1) is 21.7. The molecule has 0 spiro atoms. The van der Waals surface area contributed by atoms with E-state index in [-0.39, 0.29) is 11.6 Å². The van der Waals surface area contributed by atoms with Gasteiger partial charge in [-0.1, -0.05) is 11.6 Å². The second-order valence-corrected chi connectivity index (χ2v) is 7.67. The van der Waals surface area contributed by atoms with Gasteiger partial charge in [-0.25, -0.2) is 9.78 Å². The lowest BCUT2D eigenvalue weighted by atomic mass is 10.1. The van der Waals surface area contributed by atoms with Crippen LogP contribution in [-0.2, 0) is 4.74 Å². The molecular formula is C21H26ClN3O3. The molecule has 1 N–H and O–H groups in total. The molecule has 0 saturated carbocycles. The van der Waals surface area contributed by atoms with Crippen molar-refractivity contribution < 1.29 is 14.3 Å². The highest BCUT2D eigenvalue weighted by Crippen LogP contribution is 2.20. The molecule has 0 bridgehead atoms. The van der Waals surface area contributed by atoms with Gasteiger partial charge in [0.05, 0.1) is 5.56 Å². The summed E-state index contributed by atoms with van der Waals surface area (Å²) < 4.78 is 5.33. The second kappa shape index (κ2) is 9.06. The highest BCUT2D eigenvalue weighted by molar-refractivity contribution is 6.31. The maximum Gasteiger partial charge on any atom is 0.338 e. The standard InChI is InChI=1S/C21H26ClN3O3/c1-6-25(7-2)18-13-15(22)12-17(24-18)19(26)23-16-10-8-14(9-11-16)20(27)28-21(3,4)5/h8-13H,6-7H2,1-5H3,(H,23,26). The van der Waals surface area contributed by atoms with E-state index in [0.717, 1.165) is 13.1 Å². The van der Waals surface area contributed by atoms with E-state index in [1.54, 1.807) is 30.3 Å². The Bertz CT molecular complexity index is 841. The molecule has 7 heteroatoms. The fourth-order valence-electron chi connectivity index (χ4n) is 2.53. The quantitative estimate of drug-likeness (QED) is 0.702. The maximum absolute atomic E-state index is 12.6. The van der Waals surface area contributed by atoms with Crippen molar-refractivity contribution in [2.75, 3.05) is 23.3 Å². The summed E-state index contributed by atoms with van der Waals surface area (Å²) in [6.45, 7) is 11.0. The van der Waals surface area contributed by atoms with Crippen molar-refractivity contribution >= 4 is 35.0 Å². The number of hydrogen-bond donors (Lipinski definition) is 1. The molecule has 0 fully saturated rings. The van der Waals surface area contributed by atoms with Crippen LogP contribution in [0.5, 0.6) is 0 Å². The molecule has 0 atom stereocenters. The Hall–Kier alpha value is -2.60. The zero-order valence-corrected chi connectivity index (χ0v) is 17.6. The Balaban J connectivity index is 2.14. The molecule has 0 aliphatic carbocycles. The summed E-state index contributed by atoms with van der Waals surface area (Å²) in [5, 5.41) is 3.22. The Kier molecular flexibility index (Phi) is 7.02. The third-order valence-electron chi connectivity index (χ3n) is 3.87. The van der Waals surface area contributed by atoms with Crippen LogP contribution in [0.15, 0.2) is 36.4 Å². The van der Waals surface area contributed by atoms with Crippen molar-refractivity contribution in [3.05, 3.63) is 52.7 Å². The Morgan fingerprint density at radius 2 is 1.71 bits per heavy atom. The molecular weight excluding hydrogens is 378 g/mol. The number of nitrogens with zero attached hydrogens (tertiary/aromatic N) is 2. The molecule has 1 amide bonds. The molecule has 28 heavy (non-hydrogen) atoms. The van der Waals surface area contributed by atoms with Crippen LogP contribution in [0.4, 0.5) is 11.5 Å². The molecule has 6 nitrogen and oxygen atoms in total. The van der Waals surface area contributed by atoms with Gasteiger partial charge in [-0.2, -0.15) is 0 Å². The summed E-state index contributed by atoms with van der Waals surface area (Å²) in [5.41, 5.74) is 0.622. The smallest absolute Gasteiger partial charge is 0.338 e. The average Bonchev–Trinajstić information content (AvgIpc) is 2.61. The van der Waals surface area contributed by atoms with E-state index in [4.69, 9.17) is 16.3 Å². The van der Waals surface area contributed by atoms with Crippen molar-refractivity contribution in [1.82, 2.24) is 4.98 Å². The first-order valence-corrected chi connectivity index (χ1v) is 9.58. The number of anilines is 2. The van der Waals surface area contributed by atoms with Crippen molar-refractivity contribution in [3.8, 4) is 0 Å². The van der Waals surface area contributed by atoms with Gasteiger partial charge < -0.3 is 15.0 Å². The summed E-state index contributed by atoms with van der Waals surface area (Å²) in [6, 6.07) is 9.77. The fourth-order valence-corrected chi connectivity index (χ4v) is 2.73. The summed E-state index contributed by atoms with van der Waals surface area (Å²) in [5.74, 6) is -0.130. The third kappa shape index (κ3) is 5.96. The molecule has 2 rings (SSSR count). The largest absolute Gasteiger partial charge is 0.456 e. The van der Waals surface area contributed by atoms with Gasteiger partial charge >= 0.3 is 5.97 Å². The molecule has 150 valence electrons. The Morgan fingerprint density at radius 1 is 1.11 bits per heavy atom. The van der Waals surface area contributed by atoms with Gasteiger partial charge in [0.25, 0.3) is 5.91 Å². The minimum atomic E-state index is -0.565. The highest BCUT2D eigenvalue weighted by Gasteiger charge is 2.18. The zero-order chi connectivity index (χ0) is 20.9. The van der Waals surface area contributed by atoms with Gasteiger partial charge in [0.2, 0.25) is 0 Å². The number of aromatic nitrogens is 1. The SMILES string of the molecule is CCN(CC)c1cc(Cl)cc(C(=O)Nc2ccc(C(=O)OC(C)(C)C)cc2)n1. The minimum absolute atomic E-state index is 0.227. The van der Waals surface area contributed by atoms with Crippen molar-refractivity contribution in [1.29, 1.82) is 0 Å². The number of hydrogen-bond acceptors (Lipinski definition) is 5. The van der Waals surface area contributed by atoms with Crippen molar-refractivity contribution in [3.63, 3.8) is 0 Å². The van der Waals surface area contributed by atoms with Gasteiger partial charge in [-0.3, -0.25) is 4.79 Å². The molecule has 1 heterocycles. The normalized spacial score (nSPS) is 11.1. The number of amides is 1. The van der Waals surface area contributed by atoms with Crippen molar-refractivity contribution in [2.24, 2.45) is 0 Å². The van der Waals surface area contributed by atoms with Crippen LogP contribution < -0.4 is 10.2 Å². The number of esters is 1. The van der Waals surface area contributed by atoms with E-state index >= 15 is 0 Å². The Morgan fingerprint density at radius 3 is 2.25 bits per heavy atom. The predicted octanol–water partition coefficient (Wildman–Crippen LogP) is 4.79. The van der Waals surface area contributed by atoms with E-state index < -0.39 is 11.6 Å². The molecule has 0 saturated heterocycles. The van der Waals surface area contributed by atoms with Crippen LogP contribution in [0.25, 0.3) is 0 Å². The predicted molar refractivity (Wildman–Crippen MR) is 112 cm³/mol. The number of nitrogens with one attached hydrogen (secondary N) is 1. The summed E-state index contributed by atoms with van der Waals surface area (Å²) in [7, 11) is 0. The van der Waals surface area contributed by atoms with Gasteiger partial charge in [0.15, 0.2) is 0 Å². The van der Waals surface area contributed by atoms with Gasteiger partial charge in [0, 0.05) is 23.8 Å². The van der Waals surface area contributed by atoms with Gasteiger partial charge in [-0.05, 0) is 71.0 Å². The highest BCUT2D eigenvalue weighted by atomic mass is 35.5. The number of pyridine rings is 1. The second-order valence-electron chi connectivity index (χ2n) is 7.23. The van der Waals surface area contributed by atoms with Crippen molar-refractivity contribution in [2.45, 2.75) is 40.2 Å². The lowest BCUT2D eigenvalue weighted by Crippen LogP contribution is -2.24. The third-order valence-corrected chi connectivity index (χ3v) is 4.09. The number of halogens is 1. The van der Waals surface area contributed by atoms with Crippen LogP contribution in [-0.4, -0.2) is 35.6 Å². The summed E-state index contributed by atoms with van der Waals surface area (Å²) >= 11 is 6.17. The fraction of sp³-hybridized carbons (Fsp3) is 0.381. The van der Waals surface area contributed by atoms with E-state index in [2.05, 4.69) is 10.3 Å². The molecule has 1 aromatic carbocycles. The minimum Gasteiger partial charge on any atom is -0.456 e. The van der Waals surface area contributed by atoms with E-state index in [1.807, 2.05) is 39.5 Å². The molecule has 0 aliphatic rings. The lowest BCUT2D eigenvalue weighted by Gasteiger charge is -2.20. The summed E-state index contributed by atoms with van der Waals surface area (Å²) in [4.78, 5) is 31.1. The van der Waals surface area contributed by atoms with Crippen LogP contribution in [0.2, 0.25) is 5.02 Å². The number of carbonyl (C=O) groups excluding carboxylic acids is 2. The zero-order valence-electron chi connectivity index (χ0n) is 16.9. The van der Waals surface area contributed by atoms with Crippen LogP contribution >= 0.6 is 11.6 Å². The first-order valence-electron chi connectivity index (χ1n) is 9.20. The molecule has 2 aromatic rings.